The van der Waals surface area contributed by atoms with Crippen molar-refractivity contribution in [2.24, 2.45) is 0 Å². The van der Waals surface area contributed by atoms with Crippen LogP contribution >= 0.6 is 15.9 Å². The fourth-order valence-corrected chi connectivity index (χ4v) is 3.76. The van der Waals surface area contributed by atoms with Crippen molar-refractivity contribution < 1.29 is 4.79 Å². The van der Waals surface area contributed by atoms with Gasteiger partial charge < -0.3 is 5.32 Å². The van der Waals surface area contributed by atoms with E-state index < -0.39 is 0 Å². The Labute approximate surface area is 158 Å². The van der Waals surface area contributed by atoms with Crippen molar-refractivity contribution in [3.63, 3.8) is 0 Å². The van der Waals surface area contributed by atoms with Gasteiger partial charge in [-0.05, 0) is 55.8 Å². The summed E-state index contributed by atoms with van der Waals surface area (Å²) in [4.78, 5) is 15.0. The summed E-state index contributed by atoms with van der Waals surface area (Å²) in [6.45, 7) is 0.863. The third-order valence-corrected chi connectivity index (χ3v) is 5.52. The number of nitrogens with one attached hydrogen (secondary N) is 1. The summed E-state index contributed by atoms with van der Waals surface area (Å²) in [5.41, 5.74) is 2.73. The zero-order valence-corrected chi connectivity index (χ0v) is 16.3. The monoisotopic (exact) mass is 400 g/mol. The van der Waals surface area contributed by atoms with Crippen molar-refractivity contribution >= 4 is 27.5 Å². The van der Waals surface area contributed by atoms with Gasteiger partial charge in [0, 0.05) is 28.3 Å². The minimum absolute atomic E-state index is 0.0692. The van der Waals surface area contributed by atoms with Crippen LogP contribution in [0.3, 0.4) is 0 Å². The molecular formula is C21H25BrN2O. The Hall–Kier alpha value is -1.65. The van der Waals surface area contributed by atoms with Crippen LogP contribution in [0.15, 0.2) is 53.0 Å². The molecule has 0 heterocycles. The van der Waals surface area contributed by atoms with Crippen molar-refractivity contribution in [1.82, 2.24) is 4.90 Å². The number of hydrogen-bond donors (Lipinski definition) is 1. The van der Waals surface area contributed by atoms with Gasteiger partial charge in [0.15, 0.2) is 0 Å². The molecule has 0 radical (unpaired) electrons. The van der Waals surface area contributed by atoms with Gasteiger partial charge in [0.1, 0.15) is 0 Å². The number of rotatable bonds is 5. The lowest BCUT2D eigenvalue weighted by Crippen LogP contribution is -2.33. The fraction of sp³-hybridized carbons (Fsp3) is 0.381. The summed E-state index contributed by atoms with van der Waals surface area (Å²) in [7, 11) is 2.20. The molecule has 0 aliphatic heterocycles. The number of nitrogens with zero attached hydrogens (tertiary/aromatic N) is 1. The molecule has 132 valence electrons. The molecule has 1 aliphatic rings. The smallest absolute Gasteiger partial charge is 0.255 e. The molecule has 0 aromatic heterocycles. The molecule has 0 spiro atoms. The lowest BCUT2D eigenvalue weighted by molar-refractivity contribution is 0.102. The average Bonchev–Trinajstić information content (AvgIpc) is 2.64. The highest BCUT2D eigenvalue weighted by molar-refractivity contribution is 9.10. The maximum absolute atomic E-state index is 12.5. The Bertz CT molecular complexity index is 708. The summed E-state index contributed by atoms with van der Waals surface area (Å²) in [5.74, 6) is -0.0692. The second-order valence-corrected chi connectivity index (χ2v) is 7.74. The molecule has 4 heteroatoms. The van der Waals surface area contributed by atoms with Crippen molar-refractivity contribution in [3.05, 3.63) is 64.1 Å². The van der Waals surface area contributed by atoms with Crippen LogP contribution in [0.1, 0.15) is 48.0 Å². The summed E-state index contributed by atoms with van der Waals surface area (Å²) in [6, 6.07) is 16.2. The van der Waals surface area contributed by atoms with Gasteiger partial charge in [0.05, 0.1) is 0 Å². The number of para-hydroxylation sites is 1. The van der Waals surface area contributed by atoms with Crippen LogP contribution < -0.4 is 5.32 Å². The second-order valence-electron chi connectivity index (χ2n) is 6.83. The molecule has 0 bridgehead atoms. The third kappa shape index (κ3) is 4.93. The van der Waals surface area contributed by atoms with E-state index in [1.807, 2.05) is 42.5 Å². The minimum Gasteiger partial charge on any atom is -0.322 e. The van der Waals surface area contributed by atoms with E-state index in [0.717, 1.165) is 16.7 Å². The Kier molecular flexibility index (Phi) is 6.27. The first-order valence-corrected chi connectivity index (χ1v) is 9.78. The van der Waals surface area contributed by atoms with E-state index in [0.29, 0.717) is 11.6 Å². The molecule has 2 aromatic rings. The SMILES string of the molecule is CN(Cc1ccccc1NC(=O)c1ccc(Br)cc1)C1CCCCC1. The summed E-state index contributed by atoms with van der Waals surface area (Å²) in [6.07, 6.45) is 6.59. The van der Waals surface area contributed by atoms with Crippen molar-refractivity contribution in [2.75, 3.05) is 12.4 Å². The topological polar surface area (TPSA) is 32.3 Å². The van der Waals surface area contributed by atoms with Gasteiger partial charge in [0.25, 0.3) is 5.91 Å². The Morgan fingerprint density at radius 3 is 2.48 bits per heavy atom. The molecule has 1 N–H and O–H groups in total. The van der Waals surface area contributed by atoms with E-state index >= 15 is 0 Å². The van der Waals surface area contributed by atoms with Crippen LogP contribution in [0.5, 0.6) is 0 Å². The van der Waals surface area contributed by atoms with Gasteiger partial charge in [-0.3, -0.25) is 9.69 Å². The van der Waals surface area contributed by atoms with Crippen molar-refractivity contribution in [1.29, 1.82) is 0 Å². The largest absolute Gasteiger partial charge is 0.322 e. The van der Waals surface area contributed by atoms with Gasteiger partial charge >= 0.3 is 0 Å². The average molecular weight is 401 g/mol. The van der Waals surface area contributed by atoms with E-state index in [4.69, 9.17) is 0 Å². The summed E-state index contributed by atoms with van der Waals surface area (Å²) in [5, 5.41) is 3.07. The molecule has 1 aliphatic carbocycles. The van der Waals surface area contributed by atoms with Crippen molar-refractivity contribution in [2.45, 2.75) is 44.7 Å². The molecular weight excluding hydrogens is 376 g/mol. The molecule has 3 nitrogen and oxygen atoms in total. The van der Waals surface area contributed by atoms with E-state index in [1.165, 1.54) is 37.7 Å². The first kappa shape index (κ1) is 18.2. The number of carbonyl (C=O) groups is 1. The van der Waals surface area contributed by atoms with E-state index in [-0.39, 0.29) is 5.91 Å². The van der Waals surface area contributed by atoms with Crippen LogP contribution in [-0.4, -0.2) is 23.9 Å². The van der Waals surface area contributed by atoms with Gasteiger partial charge in [-0.1, -0.05) is 53.4 Å². The number of carbonyl (C=O) groups excluding carboxylic acids is 1. The predicted octanol–water partition coefficient (Wildman–Crippen LogP) is 5.47. The van der Waals surface area contributed by atoms with Gasteiger partial charge in [-0.25, -0.2) is 0 Å². The molecule has 25 heavy (non-hydrogen) atoms. The van der Waals surface area contributed by atoms with Crippen LogP contribution in [-0.2, 0) is 6.54 Å². The number of amides is 1. The molecule has 1 fully saturated rings. The predicted molar refractivity (Wildman–Crippen MR) is 107 cm³/mol. The van der Waals surface area contributed by atoms with E-state index in [2.05, 4.69) is 39.3 Å². The van der Waals surface area contributed by atoms with Gasteiger partial charge in [-0.15, -0.1) is 0 Å². The maximum atomic E-state index is 12.5. The fourth-order valence-electron chi connectivity index (χ4n) is 3.50. The highest BCUT2D eigenvalue weighted by atomic mass is 79.9. The Morgan fingerprint density at radius 1 is 1.08 bits per heavy atom. The van der Waals surface area contributed by atoms with Crippen LogP contribution in [0.25, 0.3) is 0 Å². The summed E-state index contributed by atoms with van der Waals surface area (Å²) < 4.78 is 0.971. The summed E-state index contributed by atoms with van der Waals surface area (Å²) >= 11 is 3.40. The molecule has 1 amide bonds. The number of benzene rings is 2. The second kappa shape index (κ2) is 8.63. The zero-order valence-electron chi connectivity index (χ0n) is 14.7. The van der Waals surface area contributed by atoms with E-state index in [1.54, 1.807) is 0 Å². The number of anilines is 1. The van der Waals surface area contributed by atoms with Crippen LogP contribution in [0.2, 0.25) is 0 Å². The van der Waals surface area contributed by atoms with E-state index in [9.17, 15) is 4.79 Å². The quantitative estimate of drug-likeness (QED) is 0.721. The number of halogens is 1. The van der Waals surface area contributed by atoms with Crippen molar-refractivity contribution in [3.8, 4) is 0 Å². The first-order valence-electron chi connectivity index (χ1n) is 8.98. The lowest BCUT2D eigenvalue weighted by atomic mass is 9.94. The number of hydrogen-bond acceptors (Lipinski definition) is 2. The highest BCUT2D eigenvalue weighted by Gasteiger charge is 2.19. The Balaban J connectivity index is 1.69. The zero-order chi connectivity index (χ0) is 17.6. The van der Waals surface area contributed by atoms with Crippen LogP contribution in [0.4, 0.5) is 5.69 Å². The third-order valence-electron chi connectivity index (χ3n) is 4.99. The van der Waals surface area contributed by atoms with Gasteiger partial charge in [-0.2, -0.15) is 0 Å². The molecule has 3 rings (SSSR count). The first-order chi connectivity index (χ1) is 12.1. The standard InChI is InChI=1S/C21H25BrN2O/c1-24(19-8-3-2-4-9-19)15-17-7-5-6-10-20(17)23-21(25)16-11-13-18(22)14-12-16/h5-7,10-14,19H,2-4,8-9,15H2,1H3,(H,23,25). The maximum Gasteiger partial charge on any atom is 0.255 e. The normalized spacial score (nSPS) is 15.3. The molecule has 1 saturated carbocycles. The lowest BCUT2D eigenvalue weighted by Gasteiger charge is -2.31. The molecule has 0 unspecified atom stereocenters. The Morgan fingerprint density at radius 2 is 1.76 bits per heavy atom. The highest BCUT2D eigenvalue weighted by Crippen LogP contribution is 2.25. The van der Waals surface area contributed by atoms with Crippen LogP contribution in [0, 0.1) is 0 Å². The molecule has 0 saturated heterocycles. The molecule has 0 atom stereocenters. The molecule has 2 aromatic carbocycles. The minimum atomic E-state index is -0.0692. The van der Waals surface area contributed by atoms with Gasteiger partial charge in [0.2, 0.25) is 0 Å².